The average molecular weight is 400 g/mol. The van der Waals surface area contributed by atoms with Crippen molar-refractivity contribution < 1.29 is 19.1 Å². The molecule has 132 valence electrons. The Bertz CT molecular complexity index is 605. The molecule has 0 bridgehead atoms. The van der Waals surface area contributed by atoms with Gasteiger partial charge in [-0.15, -0.1) is 0 Å². The Morgan fingerprint density at radius 3 is 2.58 bits per heavy atom. The lowest BCUT2D eigenvalue weighted by molar-refractivity contribution is -0.139. The maximum Gasteiger partial charge on any atom is 0.329 e. The van der Waals surface area contributed by atoms with Crippen LogP contribution in [0, 0.1) is 0 Å². The molecule has 7 nitrogen and oxygen atoms in total. The molecule has 2 amide bonds. The van der Waals surface area contributed by atoms with Crippen molar-refractivity contribution in [3.05, 3.63) is 22.2 Å². The zero-order chi connectivity index (χ0) is 17.9. The lowest BCUT2D eigenvalue weighted by Gasteiger charge is -2.14. The van der Waals surface area contributed by atoms with E-state index < -0.39 is 11.8 Å². The highest BCUT2D eigenvalue weighted by Gasteiger charge is 2.12. The normalized spacial score (nSPS) is 10.5. The van der Waals surface area contributed by atoms with Crippen molar-refractivity contribution in [2.24, 2.45) is 5.10 Å². The summed E-state index contributed by atoms with van der Waals surface area (Å²) in [5, 5.41) is 6.16. The number of nitrogens with one attached hydrogen (secondary N) is 2. The third kappa shape index (κ3) is 6.19. The number of carbonyl (C=O) groups excluding carboxylic acids is 2. The molecule has 0 aliphatic heterocycles. The summed E-state index contributed by atoms with van der Waals surface area (Å²) in [6, 6.07) is 3.54. The molecule has 0 saturated carbocycles. The van der Waals surface area contributed by atoms with Gasteiger partial charge >= 0.3 is 11.8 Å². The fraction of sp³-hybridized carbons (Fsp3) is 0.438. The number of hydrogen-bond acceptors (Lipinski definition) is 5. The highest BCUT2D eigenvalue weighted by molar-refractivity contribution is 9.10. The van der Waals surface area contributed by atoms with Crippen LogP contribution >= 0.6 is 15.9 Å². The van der Waals surface area contributed by atoms with Crippen molar-refractivity contribution >= 4 is 34.0 Å². The van der Waals surface area contributed by atoms with E-state index in [1.54, 1.807) is 19.1 Å². The smallest absolute Gasteiger partial charge is 0.329 e. The van der Waals surface area contributed by atoms with Crippen LogP contribution in [0.5, 0.6) is 11.5 Å². The number of ether oxygens (including phenoxy) is 2. The van der Waals surface area contributed by atoms with Crippen LogP contribution < -0.4 is 20.2 Å². The highest BCUT2D eigenvalue weighted by atomic mass is 79.9. The molecule has 1 rings (SSSR count). The van der Waals surface area contributed by atoms with Crippen LogP contribution in [0.1, 0.15) is 32.8 Å². The van der Waals surface area contributed by atoms with Crippen LogP contribution in [-0.2, 0) is 9.59 Å². The molecule has 0 atom stereocenters. The van der Waals surface area contributed by atoms with Gasteiger partial charge in [0.2, 0.25) is 0 Å². The third-order valence-corrected chi connectivity index (χ3v) is 3.29. The Labute approximate surface area is 149 Å². The number of benzene rings is 1. The van der Waals surface area contributed by atoms with Crippen LogP contribution in [0.4, 0.5) is 0 Å². The van der Waals surface area contributed by atoms with E-state index in [-0.39, 0.29) is 0 Å². The summed E-state index contributed by atoms with van der Waals surface area (Å²) in [6.45, 7) is 7.07. The van der Waals surface area contributed by atoms with Crippen LogP contribution in [0.15, 0.2) is 21.7 Å². The van der Waals surface area contributed by atoms with E-state index in [1.807, 2.05) is 13.8 Å². The molecule has 0 spiro atoms. The molecule has 0 aliphatic carbocycles. The van der Waals surface area contributed by atoms with Gasteiger partial charge in [0.25, 0.3) is 0 Å². The van der Waals surface area contributed by atoms with E-state index in [0.29, 0.717) is 36.8 Å². The van der Waals surface area contributed by atoms with Crippen molar-refractivity contribution in [2.75, 3.05) is 19.8 Å². The van der Waals surface area contributed by atoms with Crippen molar-refractivity contribution in [2.45, 2.75) is 27.2 Å². The maximum atomic E-state index is 11.4. The molecule has 0 radical (unpaired) electrons. The van der Waals surface area contributed by atoms with Gasteiger partial charge in [0.15, 0.2) is 11.5 Å². The number of halogens is 1. The Morgan fingerprint density at radius 2 is 1.96 bits per heavy atom. The molecule has 8 heteroatoms. The van der Waals surface area contributed by atoms with Crippen LogP contribution in [0.3, 0.4) is 0 Å². The van der Waals surface area contributed by atoms with Gasteiger partial charge in [-0.25, -0.2) is 5.43 Å². The summed E-state index contributed by atoms with van der Waals surface area (Å²) < 4.78 is 12.0. The minimum absolute atomic E-state index is 0.375. The summed E-state index contributed by atoms with van der Waals surface area (Å²) in [7, 11) is 0. The lowest BCUT2D eigenvalue weighted by atomic mass is 10.2. The zero-order valence-electron chi connectivity index (χ0n) is 14.0. The first-order valence-corrected chi connectivity index (χ1v) is 8.53. The second kappa shape index (κ2) is 10.6. The predicted molar refractivity (Wildman–Crippen MR) is 95.5 cm³/mol. The number of hydrogen-bond donors (Lipinski definition) is 2. The Hall–Kier alpha value is -2.09. The van der Waals surface area contributed by atoms with Gasteiger partial charge in [-0.2, -0.15) is 5.10 Å². The molecule has 0 aromatic heterocycles. The fourth-order valence-corrected chi connectivity index (χ4v) is 2.30. The van der Waals surface area contributed by atoms with E-state index in [0.717, 1.165) is 10.9 Å². The molecule has 1 aromatic carbocycles. The fourth-order valence-electron chi connectivity index (χ4n) is 1.73. The van der Waals surface area contributed by atoms with Crippen LogP contribution in [0.25, 0.3) is 0 Å². The first-order valence-electron chi connectivity index (χ1n) is 7.73. The summed E-state index contributed by atoms with van der Waals surface area (Å²) in [5.41, 5.74) is 2.85. The van der Waals surface area contributed by atoms with Gasteiger partial charge < -0.3 is 14.8 Å². The number of likely N-dealkylation sites (N-methyl/N-ethyl adjacent to an activating group) is 1. The Balaban J connectivity index is 2.86. The Morgan fingerprint density at radius 1 is 1.21 bits per heavy atom. The summed E-state index contributed by atoms with van der Waals surface area (Å²) >= 11 is 3.44. The molecule has 24 heavy (non-hydrogen) atoms. The van der Waals surface area contributed by atoms with Crippen LogP contribution in [0.2, 0.25) is 0 Å². The summed E-state index contributed by atoms with van der Waals surface area (Å²) in [4.78, 5) is 22.7. The monoisotopic (exact) mass is 399 g/mol. The average Bonchev–Trinajstić information content (AvgIpc) is 2.54. The number of nitrogens with zero attached hydrogens (tertiary/aromatic N) is 1. The van der Waals surface area contributed by atoms with Gasteiger partial charge in [-0.1, -0.05) is 6.92 Å². The molecule has 0 aliphatic rings. The topological polar surface area (TPSA) is 89.0 Å². The van der Waals surface area contributed by atoms with E-state index in [2.05, 4.69) is 31.8 Å². The van der Waals surface area contributed by atoms with E-state index in [1.165, 1.54) is 6.21 Å². The van der Waals surface area contributed by atoms with Gasteiger partial charge in [-0.05, 0) is 53.9 Å². The van der Waals surface area contributed by atoms with E-state index >= 15 is 0 Å². The SMILES string of the molecule is CCCOc1c(Br)cc(/C=N\NC(=O)C(=O)NCC)cc1OCC. The van der Waals surface area contributed by atoms with Crippen molar-refractivity contribution in [3.63, 3.8) is 0 Å². The van der Waals surface area contributed by atoms with Crippen molar-refractivity contribution in [1.82, 2.24) is 10.7 Å². The number of amides is 2. The number of carbonyl (C=O) groups is 2. The highest BCUT2D eigenvalue weighted by Crippen LogP contribution is 2.36. The molecular weight excluding hydrogens is 378 g/mol. The maximum absolute atomic E-state index is 11.4. The largest absolute Gasteiger partial charge is 0.490 e. The molecule has 2 N–H and O–H groups in total. The minimum Gasteiger partial charge on any atom is -0.490 e. The van der Waals surface area contributed by atoms with E-state index in [9.17, 15) is 9.59 Å². The molecule has 0 heterocycles. The molecule has 1 aromatic rings. The molecule has 0 saturated heterocycles. The first kappa shape index (κ1) is 20.0. The Kier molecular flexibility index (Phi) is 8.85. The second-order valence-electron chi connectivity index (χ2n) is 4.67. The van der Waals surface area contributed by atoms with Crippen LogP contribution in [-0.4, -0.2) is 37.8 Å². The van der Waals surface area contributed by atoms with Gasteiger partial charge in [-0.3, -0.25) is 9.59 Å². The first-order chi connectivity index (χ1) is 11.5. The predicted octanol–water partition coefficient (Wildman–Crippen LogP) is 2.22. The quantitative estimate of drug-likeness (QED) is 0.398. The molecule has 0 fully saturated rings. The number of rotatable bonds is 8. The lowest BCUT2D eigenvalue weighted by Crippen LogP contribution is -2.37. The zero-order valence-corrected chi connectivity index (χ0v) is 15.6. The molecule has 0 unspecified atom stereocenters. The van der Waals surface area contributed by atoms with Crippen molar-refractivity contribution in [1.29, 1.82) is 0 Å². The molecular formula is C16H22BrN3O4. The second-order valence-corrected chi connectivity index (χ2v) is 5.52. The summed E-state index contributed by atoms with van der Waals surface area (Å²) in [5.74, 6) is -0.340. The van der Waals surface area contributed by atoms with Gasteiger partial charge in [0.1, 0.15) is 0 Å². The van der Waals surface area contributed by atoms with Gasteiger partial charge in [0, 0.05) is 6.54 Å². The van der Waals surface area contributed by atoms with Gasteiger partial charge in [0.05, 0.1) is 23.9 Å². The van der Waals surface area contributed by atoms with Crippen molar-refractivity contribution in [3.8, 4) is 11.5 Å². The standard InChI is InChI=1S/C16H22BrN3O4/c1-4-7-24-14-12(17)8-11(9-13(14)23-6-3)10-19-20-16(22)15(21)18-5-2/h8-10H,4-7H2,1-3H3,(H,18,21)(H,20,22)/b19-10-. The third-order valence-electron chi connectivity index (χ3n) is 2.71. The number of hydrazone groups is 1. The minimum atomic E-state index is -0.819. The summed E-state index contributed by atoms with van der Waals surface area (Å²) in [6.07, 6.45) is 2.31. The van der Waals surface area contributed by atoms with E-state index in [4.69, 9.17) is 9.47 Å².